The molecule has 4 rings (SSSR count). The molecule has 2 heterocycles. The molecule has 0 amide bonds. The Balaban J connectivity index is 1.59. The SMILES string of the molecule is O=C(O)c1ccccc1SSC12SC1(C(=O)O)C=CC1SC12. The standard InChI is InChI=1S/C14H10O4S4/c15-11(16)7-3-1-2-4-8(7)20-22-14-10-9(19-10)5-6-13(14,21-14)12(17)18/h1-6,9-10H,(H,15,16)(H,17,18). The van der Waals surface area contributed by atoms with Crippen LogP contribution in [0.15, 0.2) is 41.3 Å². The Bertz CT molecular complexity index is 721. The predicted molar refractivity (Wildman–Crippen MR) is 91.8 cm³/mol. The summed E-state index contributed by atoms with van der Waals surface area (Å²) in [6.45, 7) is 0. The molecular weight excluding hydrogens is 360 g/mol. The molecule has 1 aromatic carbocycles. The van der Waals surface area contributed by atoms with Crippen molar-refractivity contribution in [3.05, 3.63) is 42.0 Å². The van der Waals surface area contributed by atoms with Gasteiger partial charge in [0.05, 0.1) is 5.56 Å². The second-order valence-electron chi connectivity index (χ2n) is 5.16. The monoisotopic (exact) mass is 370 g/mol. The Morgan fingerprint density at radius 3 is 2.73 bits per heavy atom. The summed E-state index contributed by atoms with van der Waals surface area (Å²) in [5.74, 6) is -1.77. The van der Waals surface area contributed by atoms with Crippen LogP contribution in [0, 0.1) is 0 Å². The summed E-state index contributed by atoms with van der Waals surface area (Å²) in [7, 11) is 2.87. The van der Waals surface area contributed by atoms with Gasteiger partial charge < -0.3 is 10.2 Å². The molecule has 4 nitrogen and oxygen atoms in total. The van der Waals surface area contributed by atoms with E-state index in [4.69, 9.17) is 0 Å². The van der Waals surface area contributed by atoms with Crippen molar-refractivity contribution >= 4 is 57.1 Å². The van der Waals surface area contributed by atoms with E-state index < -0.39 is 16.7 Å². The largest absolute Gasteiger partial charge is 0.480 e. The first-order valence-corrected chi connectivity index (χ1v) is 10.4. The highest BCUT2D eigenvalue weighted by Crippen LogP contribution is 2.82. The molecular formula is C14H10O4S4. The van der Waals surface area contributed by atoms with E-state index in [2.05, 4.69) is 0 Å². The lowest BCUT2D eigenvalue weighted by molar-refractivity contribution is -0.137. The maximum absolute atomic E-state index is 11.7. The van der Waals surface area contributed by atoms with Gasteiger partial charge in [-0.1, -0.05) is 45.9 Å². The third-order valence-corrected chi connectivity index (χ3v) is 11.2. The molecule has 0 spiro atoms. The molecule has 1 aromatic rings. The van der Waals surface area contributed by atoms with Crippen molar-refractivity contribution in [3.8, 4) is 0 Å². The van der Waals surface area contributed by atoms with Gasteiger partial charge in [-0.15, -0.1) is 23.5 Å². The molecule has 0 aromatic heterocycles. The number of rotatable bonds is 5. The van der Waals surface area contributed by atoms with Gasteiger partial charge in [-0.05, 0) is 12.1 Å². The second kappa shape index (κ2) is 4.90. The topological polar surface area (TPSA) is 74.6 Å². The Labute approximate surface area is 142 Å². The van der Waals surface area contributed by atoms with Crippen LogP contribution in [0.5, 0.6) is 0 Å². The van der Waals surface area contributed by atoms with Gasteiger partial charge in [0.2, 0.25) is 0 Å². The number of carboxylic acids is 2. The average molecular weight is 370 g/mol. The highest BCUT2D eigenvalue weighted by molar-refractivity contribution is 8.79. The van der Waals surface area contributed by atoms with Crippen molar-refractivity contribution in [2.45, 2.75) is 24.2 Å². The predicted octanol–water partition coefficient (Wildman–Crippen LogP) is 3.45. The summed E-state index contributed by atoms with van der Waals surface area (Å²) in [4.78, 5) is 23.6. The van der Waals surface area contributed by atoms with Crippen LogP contribution >= 0.6 is 45.1 Å². The molecule has 0 bridgehead atoms. The zero-order valence-electron chi connectivity index (χ0n) is 11.0. The van der Waals surface area contributed by atoms with Crippen LogP contribution in [0.4, 0.5) is 0 Å². The molecule has 22 heavy (non-hydrogen) atoms. The second-order valence-corrected chi connectivity index (χ2v) is 10.7. The lowest BCUT2D eigenvalue weighted by atomic mass is 9.95. The molecule has 3 aliphatic rings. The number of benzene rings is 1. The Morgan fingerprint density at radius 1 is 1.23 bits per heavy atom. The summed E-state index contributed by atoms with van der Waals surface area (Å²) in [5.41, 5.74) is 0.259. The van der Waals surface area contributed by atoms with Crippen LogP contribution in [-0.4, -0.2) is 41.5 Å². The van der Waals surface area contributed by atoms with E-state index >= 15 is 0 Å². The van der Waals surface area contributed by atoms with Gasteiger partial charge in [0.25, 0.3) is 0 Å². The molecule has 2 fully saturated rings. The molecule has 0 saturated carbocycles. The van der Waals surface area contributed by atoms with E-state index in [1.807, 2.05) is 12.2 Å². The van der Waals surface area contributed by atoms with Gasteiger partial charge in [-0.2, -0.15) is 0 Å². The van der Waals surface area contributed by atoms with Crippen LogP contribution in [0.3, 0.4) is 0 Å². The number of hydrogen-bond donors (Lipinski definition) is 2. The van der Waals surface area contributed by atoms with Crippen LogP contribution in [0.2, 0.25) is 0 Å². The number of carboxylic acid groups (broad SMARTS) is 2. The molecule has 4 unspecified atom stereocenters. The van der Waals surface area contributed by atoms with Gasteiger partial charge in [0, 0.05) is 15.4 Å². The zero-order chi connectivity index (χ0) is 15.5. The van der Waals surface area contributed by atoms with E-state index in [1.54, 1.807) is 36.0 Å². The molecule has 4 atom stereocenters. The first-order valence-electron chi connectivity index (χ1n) is 6.46. The van der Waals surface area contributed by atoms with E-state index in [9.17, 15) is 19.8 Å². The minimum atomic E-state index is -0.962. The first-order chi connectivity index (χ1) is 10.5. The number of thioether (sulfide) groups is 2. The van der Waals surface area contributed by atoms with Crippen LogP contribution in [0.25, 0.3) is 0 Å². The van der Waals surface area contributed by atoms with Crippen molar-refractivity contribution < 1.29 is 19.8 Å². The van der Waals surface area contributed by atoms with Crippen molar-refractivity contribution in [3.63, 3.8) is 0 Å². The lowest BCUT2D eigenvalue weighted by Gasteiger charge is -2.19. The van der Waals surface area contributed by atoms with Crippen molar-refractivity contribution in [1.82, 2.24) is 0 Å². The van der Waals surface area contributed by atoms with Gasteiger partial charge in [0.1, 0.15) is 4.08 Å². The Hall–Kier alpha value is -0.700. The van der Waals surface area contributed by atoms with Gasteiger partial charge in [-0.3, -0.25) is 4.79 Å². The number of carbonyl (C=O) groups is 2. The van der Waals surface area contributed by atoms with Gasteiger partial charge >= 0.3 is 11.9 Å². The first kappa shape index (κ1) is 14.9. The fraction of sp³-hybridized carbons (Fsp3) is 0.286. The third-order valence-electron chi connectivity index (χ3n) is 3.90. The molecule has 2 N–H and O–H groups in total. The summed E-state index contributed by atoms with van der Waals surface area (Å²) >= 11 is 3.26. The molecule has 0 radical (unpaired) electrons. The third kappa shape index (κ3) is 1.97. The van der Waals surface area contributed by atoms with Gasteiger partial charge in [0.15, 0.2) is 4.75 Å². The minimum Gasteiger partial charge on any atom is -0.480 e. The highest BCUT2D eigenvalue weighted by Gasteiger charge is 2.82. The molecule has 114 valence electrons. The quantitative estimate of drug-likeness (QED) is 0.464. The maximum Gasteiger partial charge on any atom is 0.336 e. The fourth-order valence-corrected chi connectivity index (χ4v) is 10.3. The zero-order valence-corrected chi connectivity index (χ0v) is 14.2. The van der Waals surface area contributed by atoms with Crippen LogP contribution < -0.4 is 0 Å². The highest BCUT2D eigenvalue weighted by atomic mass is 33.1. The number of aromatic carboxylic acids is 1. The van der Waals surface area contributed by atoms with Crippen LogP contribution in [0.1, 0.15) is 10.4 Å². The summed E-state index contributed by atoms with van der Waals surface area (Å²) in [5, 5.41) is 19.5. The van der Waals surface area contributed by atoms with Crippen molar-refractivity contribution in [2.75, 3.05) is 0 Å². The molecule has 8 heteroatoms. The summed E-state index contributed by atoms with van der Waals surface area (Å²) in [6, 6.07) is 6.83. The maximum atomic E-state index is 11.7. The normalized spacial score (nSPS) is 37.1. The van der Waals surface area contributed by atoms with E-state index in [-0.39, 0.29) is 9.64 Å². The van der Waals surface area contributed by atoms with Crippen molar-refractivity contribution in [1.29, 1.82) is 0 Å². The Kier molecular flexibility index (Phi) is 3.31. The molecule has 2 saturated heterocycles. The van der Waals surface area contributed by atoms with E-state index in [1.165, 1.54) is 33.3 Å². The minimum absolute atomic E-state index is 0.259. The fourth-order valence-electron chi connectivity index (χ4n) is 2.65. The molecule has 1 aliphatic carbocycles. The lowest BCUT2D eigenvalue weighted by Crippen LogP contribution is -2.36. The molecule has 2 aliphatic heterocycles. The average Bonchev–Trinajstić information content (AvgIpc) is 3.36. The van der Waals surface area contributed by atoms with Gasteiger partial charge in [-0.25, -0.2) is 4.79 Å². The number of fused-ring (bicyclic) bond motifs is 3. The number of hydrogen-bond acceptors (Lipinski definition) is 6. The Morgan fingerprint density at radius 2 is 2.00 bits per heavy atom. The summed E-state index contributed by atoms with van der Waals surface area (Å²) < 4.78 is -1.24. The van der Waals surface area contributed by atoms with Crippen molar-refractivity contribution in [2.24, 2.45) is 0 Å². The van der Waals surface area contributed by atoms with E-state index in [0.717, 1.165) is 0 Å². The van der Waals surface area contributed by atoms with Crippen LogP contribution in [-0.2, 0) is 4.79 Å². The smallest absolute Gasteiger partial charge is 0.336 e. The number of aliphatic carboxylic acids is 1. The van der Waals surface area contributed by atoms with E-state index in [0.29, 0.717) is 15.4 Å². The summed E-state index contributed by atoms with van der Waals surface area (Å²) in [6.07, 6.45) is 3.82.